The predicted molar refractivity (Wildman–Crippen MR) is 65.7 cm³/mol. The molecule has 4 nitrogen and oxygen atoms in total. The number of hydrogen-bond acceptors (Lipinski definition) is 4. The Morgan fingerprint density at radius 1 is 1.41 bits per heavy atom. The molecule has 17 heavy (non-hydrogen) atoms. The highest BCUT2D eigenvalue weighted by Gasteiger charge is 2.26. The van der Waals surface area contributed by atoms with Gasteiger partial charge in [0.15, 0.2) is 0 Å². The quantitative estimate of drug-likeness (QED) is 0.738. The standard InChI is InChI=1S/C13H20N2O2/c1-9-5-6-13(17)12(15-9)7-14-11-4-2-3-10(11)8-16/h5-6,10-11,14,16-17H,2-4,7-8H2,1H3. The lowest BCUT2D eigenvalue weighted by Crippen LogP contribution is -2.33. The average Bonchev–Trinajstić information content (AvgIpc) is 2.77. The molecule has 1 aromatic rings. The van der Waals surface area contributed by atoms with Crippen LogP contribution in [0, 0.1) is 12.8 Å². The average molecular weight is 236 g/mol. The number of nitrogens with zero attached hydrogens (tertiary/aromatic N) is 1. The largest absolute Gasteiger partial charge is 0.506 e. The van der Waals surface area contributed by atoms with Gasteiger partial charge in [0.1, 0.15) is 5.75 Å². The second kappa shape index (κ2) is 5.47. The number of aliphatic hydroxyl groups is 1. The molecule has 2 unspecified atom stereocenters. The van der Waals surface area contributed by atoms with E-state index in [0.29, 0.717) is 24.2 Å². The van der Waals surface area contributed by atoms with Crippen LogP contribution in [0.4, 0.5) is 0 Å². The SMILES string of the molecule is Cc1ccc(O)c(CNC2CCCC2CO)n1. The van der Waals surface area contributed by atoms with Crippen molar-refractivity contribution in [3.8, 4) is 5.75 Å². The molecular formula is C13H20N2O2. The fourth-order valence-electron chi connectivity index (χ4n) is 2.49. The number of pyridine rings is 1. The third kappa shape index (κ3) is 2.96. The van der Waals surface area contributed by atoms with Crippen molar-refractivity contribution in [3.63, 3.8) is 0 Å². The van der Waals surface area contributed by atoms with Crippen LogP contribution in [0.1, 0.15) is 30.7 Å². The first-order chi connectivity index (χ1) is 8.20. The molecule has 1 aromatic heterocycles. The van der Waals surface area contributed by atoms with Crippen molar-refractivity contribution < 1.29 is 10.2 Å². The van der Waals surface area contributed by atoms with E-state index in [1.54, 1.807) is 12.1 Å². The van der Waals surface area contributed by atoms with Gasteiger partial charge in [-0.25, -0.2) is 0 Å². The van der Waals surface area contributed by atoms with Crippen LogP contribution in [-0.4, -0.2) is 27.8 Å². The Labute approximate surface area is 102 Å². The molecule has 0 aromatic carbocycles. The normalized spacial score (nSPS) is 24.1. The minimum atomic E-state index is 0.238. The van der Waals surface area contributed by atoms with Gasteiger partial charge in [-0.1, -0.05) is 6.42 Å². The molecule has 0 saturated heterocycles. The Morgan fingerprint density at radius 3 is 3.00 bits per heavy atom. The van der Waals surface area contributed by atoms with Crippen molar-refractivity contribution in [3.05, 3.63) is 23.5 Å². The summed E-state index contributed by atoms with van der Waals surface area (Å²) >= 11 is 0. The first-order valence-corrected chi connectivity index (χ1v) is 6.20. The zero-order valence-electron chi connectivity index (χ0n) is 10.2. The van der Waals surface area contributed by atoms with Gasteiger partial charge in [0, 0.05) is 24.9 Å². The lowest BCUT2D eigenvalue weighted by atomic mass is 10.1. The number of nitrogens with one attached hydrogen (secondary N) is 1. The van der Waals surface area contributed by atoms with Crippen LogP contribution in [-0.2, 0) is 6.54 Å². The Bertz CT molecular complexity index is 382. The van der Waals surface area contributed by atoms with Crippen molar-refractivity contribution in [2.24, 2.45) is 5.92 Å². The van der Waals surface area contributed by atoms with E-state index in [1.165, 1.54) is 0 Å². The van der Waals surface area contributed by atoms with Crippen LogP contribution in [0.3, 0.4) is 0 Å². The van der Waals surface area contributed by atoms with Crippen LogP contribution in [0.25, 0.3) is 0 Å². The summed E-state index contributed by atoms with van der Waals surface area (Å²) in [4.78, 5) is 4.31. The summed E-state index contributed by atoms with van der Waals surface area (Å²) in [6.07, 6.45) is 3.34. The van der Waals surface area contributed by atoms with Gasteiger partial charge in [-0.2, -0.15) is 0 Å². The second-order valence-corrected chi connectivity index (χ2v) is 4.78. The lowest BCUT2D eigenvalue weighted by Gasteiger charge is -2.19. The van der Waals surface area contributed by atoms with E-state index < -0.39 is 0 Å². The zero-order chi connectivity index (χ0) is 12.3. The first-order valence-electron chi connectivity index (χ1n) is 6.20. The molecular weight excluding hydrogens is 216 g/mol. The number of aromatic hydroxyl groups is 1. The van der Waals surface area contributed by atoms with Crippen LogP contribution in [0.2, 0.25) is 0 Å². The predicted octanol–water partition coefficient (Wildman–Crippen LogP) is 1.35. The summed E-state index contributed by atoms with van der Waals surface area (Å²) in [5.41, 5.74) is 1.60. The van der Waals surface area contributed by atoms with E-state index in [9.17, 15) is 10.2 Å². The monoisotopic (exact) mass is 236 g/mol. The number of aromatic nitrogens is 1. The van der Waals surface area contributed by atoms with Crippen molar-refractivity contribution >= 4 is 0 Å². The smallest absolute Gasteiger partial charge is 0.138 e. The minimum Gasteiger partial charge on any atom is -0.506 e. The van der Waals surface area contributed by atoms with Crippen LogP contribution in [0.15, 0.2) is 12.1 Å². The summed E-state index contributed by atoms with van der Waals surface area (Å²) in [5.74, 6) is 0.587. The van der Waals surface area contributed by atoms with Crippen molar-refractivity contribution in [2.75, 3.05) is 6.61 Å². The zero-order valence-corrected chi connectivity index (χ0v) is 10.2. The van der Waals surface area contributed by atoms with Crippen molar-refractivity contribution in [2.45, 2.75) is 38.8 Å². The molecule has 4 heteroatoms. The maximum atomic E-state index is 9.68. The van der Waals surface area contributed by atoms with E-state index in [0.717, 1.165) is 25.0 Å². The van der Waals surface area contributed by atoms with Crippen LogP contribution >= 0.6 is 0 Å². The molecule has 1 aliphatic rings. The Kier molecular flexibility index (Phi) is 3.97. The van der Waals surface area contributed by atoms with Gasteiger partial charge in [-0.05, 0) is 37.8 Å². The van der Waals surface area contributed by atoms with E-state index in [1.807, 2.05) is 6.92 Å². The number of rotatable bonds is 4. The van der Waals surface area contributed by atoms with Gasteiger partial charge < -0.3 is 15.5 Å². The molecule has 1 heterocycles. The summed E-state index contributed by atoms with van der Waals surface area (Å²) in [6.45, 7) is 2.72. The molecule has 0 aliphatic heterocycles. The molecule has 1 fully saturated rings. The van der Waals surface area contributed by atoms with Crippen LogP contribution in [0.5, 0.6) is 5.75 Å². The minimum absolute atomic E-state index is 0.238. The van der Waals surface area contributed by atoms with Gasteiger partial charge in [-0.15, -0.1) is 0 Å². The van der Waals surface area contributed by atoms with Gasteiger partial charge in [0.05, 0.1) is 5.69 Å². The third-order valence-corrected chi connectivity index (χ3v) is 3.51. The van der Waals surface area contributed by atoms with Crippen molar-refractivity contribution in [1.29, 1.82) is 0 Å². The maximum Gasteiger partial charge on any atom is 0.138 e. The molecule has 94 valence electrons. The molecule has 0 amide bonds. The molecule has 2 rings (SSSR count). The van der Waals surface area contributed by atoms with E-state index >= 15 is 0 Å². The summed E-state index contributed by atoms with van der Waals surface area (Å²) in [7, 11) is 0. The molecule has 2 atom stereocenters. The number of aryl methyl sites for hydroxylation is 1. The van der Waals surface area contributed by atoms with Gasteiger partial charge in [0.2, 0.25) is 0 Å². The van der Waals surface area contributed by atoms with Gasteiger partial charge in [0.25, 0.3) is 0 Å². The maximum absolute atomic E-state index is 9.68. The molecule has 1 aliphatic carbocycles. The molecule has 0 radical (unpaired) electrons. The third-order valence-electron chi connectivity index (χ3n) is 3.51. The van der Waals surface area contributed by atoms with Gasteiger partial charge in [-0.3, -0.25) is 4.98 Å². The molecule has 0 spiro atoms. The Balaban J connectivity index is 1.95. The topological polar surface area (TPSA) is 65.4 Å². The molecule has 1 saturated carbocycles. The van der Waals surface area contributed by atoms with Crippen molar-refractivity contribution in [1.82, 2.24) is 10.3 Å². The summed E-state index contributed by atoms with van der Waals surface area (Å²) in [5, 5.41) is 22.3. The first kappa shape index (κ1) is 12.3. The highest BCUT2D eigenvalue weighted by Crippen LogP contribution is 2.25. The van der Waals surface area contributed by atoms with E-state index in [-0.39, 0.29) is 12.4 Å². The highest BCUT2D eigenvalue weighted by molar-refractivity contribution is 5.27. The second-order valence-electron chi connectivity index (χ2n) is 4.78. The number of aliphatic hydroxyl groups excluding tert-OH is 1. The van der Waals surface area contributed by atoms with Gasteiger partial charge >= 0.3 is 0 Å². The summed E-state index contributed by atoms with van der Waals surface area (Å²) in [6, 6.07) is 3.82. The molecule has 3 N–H and O–H groups in total. The molecule has 0 bridgehead atoms. The number of hydrogen-bond donors (Lipinski definition) is 3. The van der Waals surface area contributed by atoms with E-state index in [4.69, 9.17) is 0 Å². The Hall–Kier alpha value is -1.13. The van der Waals surface area contributed by atoms with E-state index in [2.05, 4.69) is 10.3 Å². The fraction of sp³-hybridized carbons (Fsp3) is 0.615. The lowest BCUT2D eigenvalue weighted by molar-refractivity contribution is 0.204. The highest BCUT2D eigenvalue weighted by atomic mass is 16.3. The summed E-state index contributed by atoms with van der Waals surface area (Å²) < 4.78 is 0. The Morgan fingerprint density at radius 2 is 2.24 bits per heavy atom. The fourth-order valence-corrected chi connectivity index (χ4v) is 2.49. The van der Waals surface area contributed by atoms with Crippen LogP contribution < -0.4 is 5.32 Å².